The molecule has 1 heterocycles. The maximum Gasteiger partial charge on any atom is 0.156 e. The summed E-state index contributed by atoms with van der Waals surface area (Å²) in [6.07, 6.45) is 5.33. The number of hydrogen-bond acceptors (Lipinski definition) is 4. The molecule has 0 atom stereocenters. The van der Waals surface area contributed by atoms with E-state index in [1.807, 2.05) is 6.20 Å². The van der Waals surface area contributed by atoms with Crippen LogP contribution >= 0.6 is 0 Å². The first-order valence-corrected chi connectivity index (χ1v) is 21.6. The van der Waals surface area contributed by atoms with Gasteiger partial charge in [0, 0.05) is 40.1 Å². The van der Waals surface area contributed by atoms with Gasteiger partial charge in [-0.3, -0.25) is 9.88 Å². The fourth-order valence-corrected chi connectivity index (χ4v) is 11.0. The summed E-state index contributed by atoms with van der Waals surface area (Å²) in [6, 6.07) is 78.0. The lowest BCUT2D eigenvalue weighted by atomic mass is 9.70. The van der Waals surface area contributed by atoms with Crippen LogP contribution in [0.25, 0.3) is 54.6 Å². The Bertz CT molecular complexity index is 3500. The number of anilines is 6. The Morgan fingerprint density at radius 2 is 0.794 bits per heavy atom. The first-order valence-electron chi connectivity index (χ1n) is 21.6. The molecule has 1 spiro atoms. The molecule has 4 nitrogen and oxygen atoms in total. The molecule has 11 aromatic rings. The third kappa shape index (κ3) is 5.03. The van der Waals surface area contributed by atoms with E-state index in [2.05, 4.69) is 227 Å². The molecule has 4 heteroatoms. The van der Waals surface area contributed by atoms with Gasteiger partial charge in [0.15, 0.2) is 5.82 Å². The number of rotatable bonds is 6. The minimum Gasteiger partial charge on any atom is -0.309 e. The molecular formula is C59H38N4. The molecule has 13 rings (SSSR count). The van der Waals surface area contributed by atoms with Crippen LogP contribution in [0.2, 0.25) is 0 Å². The van der Waals surface area contributed by atoms with E-state index >= 15 is 0 Å². The number of fused-ring (bicyclic) bond motifs is 15. The summed E-state index contributed by atoms with van der Waals surface area (Å²) in [5.41, 5.74) is 15.4. The molecule has 0 unspecified atom stereocenters. The first kappa shape index (κ1) is 35.4. The third-order valence-corrected chi connectivity index (χ3v) is 13.4. The average molecular weight is 803 g/mol. The summed E-state index contributed by atoms with van der Waals surface area (Å²) in [6.45, 7) is 0. The monoisotopic (exact) mass is 802 g/mol. The number of benzene rings is 10. The highest BCUT2D eigenvalue weighted by Crippen LogP contribution is 2.65. The molecule has 0 bridgehead atoms. The van der Waals surface area contributed by atoms with Crippen molar-refractivity contribution in [2.45, 2.75) is 5.41 Å². The fraction of sp³-hybridized carbons (Fsp3) is 0.0169. The average Bonchev–Trinajstić information content (AvgIpc) is 3.83. The molecule has 0 N–H and O–H groups in total. The van der Waals surface area contributed by atoms with Crippen LogP contribution in [0.3, 0.4) is 0 Å². The van der Waals surface area contributed by atoms with Crippen LogP contribution in [0.15, 0.2) is 231 Å². The minimum atomic E-state index is -0.455. The quantitative estimate of drug-likeness (QED) is 0.157. The predicted octanol–water partition coefficient (Wildman–Crippen LogP) is 15.2. The third-order valence-electron chi connectivity index (χ3n) is 13.4. The van der Waals surface area contributed by atoms with Crippen molar-refractivity contribution in [2.24, 2.45) is 0 Å². The summed E-state index contributed by atoms with van der Waals surface area (Å²) in [5.74, 6) is 0.757. The first-order chi connectivity index (χ1) is 31.3. The molecule has 0 saturated carbocycles. The van der Waals surface area contributed by atoms with Gasteiger partial charge in [0.05, 0.1) is 28.7 Å². The Labute approximate surface area is 365 Å². The van der Waals surface area contributed by atoms with E-state index in [-0.39, 0.29) is 0 Å². The maximum absolute atomic E-state index is 4.84. The summed E-state index contributed by atoms with van der Waals surface area (Å²) in [7, 11) is 0. The van der Waals surface area contributed by atoms with Gasteiger partial charge in [0.1, 0.15) is 0 Å². The molecule has 10 aromatic carbocycles. The van der Waals surface area contributed by atoms with Crippen molar-refractivity contribution in [1.29, 1.82) is 0 Å². The zero-order valence-corrected chi connectivity index (χ0v) is 34.2. The van der Waals surface area contributed by atoms with E-state index in [9.17, 15) is 0 Å². The zero-order chi connectivity index (χ0) is 41.5. The number of aromatic nitrogens is 2. The molecule has 294 valence electrons. The SMILES string of the molecule is c1ccc(N(c2cnccn2)c2cc3c4ccccc4c(N(c4ccccc4)c4cccc5c4-c4ccccc4C54c5ccccc5-c5ccccc54)cc3c3ccccc23)cc1. The second-order valence-electron chi connectivity index (χ2n) is 16.5. The Morgan fingerprint density at radius 1 is 0.333 bits per heavy atom. The smallest absolute Gasteiger partial charge is 0.156 e. The zero-order valence-electron chi connectivity index (χ0n) is 34.2. The van der Waals surface area contributed by atoms with Crippen LogP contribution in [0.4, 0.5) is 34.3 Å². The molecule has 0 fully saturated rings. The highest BCUT2D eigenvalue weighted by atomic mass is 15.2. The summed E-state index contributed by atoms with van der Waals surface area (Å²) >= 11 is 0. The Balaban J connectivity index is 1.12. The van der Waals surface area contributed by atoms with Crippen LogP contribution in [0, 0.1) is 0 Å². The van der Waals surface area contributed by atoms with Crippen LogP contribution in [-0.2, 0) is 5.41 Å². The van der Waals surface area contributed by atoms with Crippen LogP contribution < -0.4 is 9.80 Å². The van der Waals surface area contributed by atoms with Gasteiger partial charge in [-0.25, -0.2) is 4.98 Å². The lowest BCUT2D eigenvalue weighted by Crippen LogP contribution is -2.26. The van der Waals surface area contributed by atoms with Gasteiger partial charge in [-0.05, 0) is 103 Å². The molecule has 0 radical (unpaired) electrons. The lowest BCUT2D eigenvalue weighted by Gasteiger charge is -2.32. The molecule has 63 heavy (non-hydrogen) atoms. The highest BCUT2D eigenvalue weighted by Gasteiger charge is 2.52. The van der Waals surface area contributed by atoms with Gasteiger partial charge >= 0.3 is 0 Å². The second kappa shape index (κ2) is 13.8. The van der Waals surface area contributed by atoms with E-state index < -0.39 is 5.41 Å². The van der Waals surface area contributed by atoms with Crippen molar-refractivity contribution >= 4 is 66.6 Å². The number of nitrogens with zero attached hydrogens (tertiary/aromatic N) is 4. The molecule has 2 aliphatic carbocycles. The standard InChI is InChI=1S/C59H38N4/c1-3-18-39(19-4-1)62(54-33-17-32-53-58(54)47-28-13-16-31-52(47)59(53)50-29-14-11-24-43(50)44-25-12-15-30-51(44)59)55-36-48-42-23-8-10-27-46(42)56(37-49(48)41-22-7-9-26-45(41)55)63(40-20-5-2-6-21-40)57-38-60-34-35-61-57/h1-38H. The van der Waals surface area contributed by atoms with Crippen molar-refractivity contribution in [1.82, 2.24) is 9.97 Å². The summed E-state index contributed by atoms with van der Waals surface area (Å²) < 4.78 is 0. The lowest BCUT2D eigenvalue weighted by molar-refractivity contribution is 0.794. The van der Waals surface area contributed by atoms with Crippen molar-refractivity contribution in [3.05, 3.63) is 253 Å². The Morgan fingerprint density at radius 3 is 1.37 bits per heavy atom. The highest BCUT2D eigenvalue weighted by molar-refractivity contribution is 6.25. The van der Waals surface area contributed by atoms with Crippen molar-refractivity contribution < 1.29 is 0 Å². The van der Waals surface area contributed by atoms with E-state index in [4.69, 9.17) is 4.98 Å². The second-order valence-corrected chi connectivity index (χ2v) is 16.5. The van der Waals surface area contributed by atoms with Crippen molar-refractivity contribution in [3.8, 4) is 22.3 Å². The van der Waals surface area contributed by atoms with E-state index in [1.54, 1.807) is 12.4 Å². The van der Waals surface area contributed by atoms with E-state index in [0.717, 1.165) is 50.4 Å². The van der Waals surface area contributed by atoms with Crippen molar-refractivity contribution in [3.63, 3.8) is 0 Å². The summed E-state index contributed by atoms with van der Waals surface area (Å²) in [4.78, 5) is 14.1. The molecule has 1 aromatic heterocycles. The van der Waals surface area contributed by atoms with Gasteiger partial charge in [-0.2, -0.15) is 0 Å². The molecule has 0 saturated heterocycles. The largest absolute Gasteiger partial charge is 0.309 e. The molecular weight excluding hydrogens is 765 g/mol. The van der Waals surface area contributed by atoms with Crippen molar-refractivity contribution in [2.75, 3.05) is 9.80 Å². The van der Waals surface area contributed by atoms with Crippen LogP contribution in [-0.4, -0.2) is 9.97 Å². The van der Waals surface area contributed by atoms with Crippen LogP contribution in [0.1, 0.15) is 22.3 Å². The van der Waals surface area contributed by atoms with Gasteiger partial charge in [-0.1, -0.05) is 170 Å². The maximum atomic E-state index is 4.84. The fourth-order valence-electron chi connectivity index (χ4n) is 11.0. The van der Waals surface area contributed by atoms with E-state index in [1.165, 1.54) is 60.7 Å². The topological polar surface area (TPSA) is 32.3 Å². The van der Waals surface area contributed by atoms with E-state index in [0.29, 0.717) is 0 Å². The Hall–Kier alpha value is -8.34. The Kier molecular flexibility index (Phi) is 7.79. The van der Waals surface area contributed by atoms with Gasteiger partial charge in [0.2, 0.25) is 0 Å². The minimum absolute atomic E-state index is 0.455. The van der Waals surface area contributed by atoms with Crippen LogP contribution in [0.5, 0.6) is 0 Å². The summed E-state index contributed by atoms with van der Waals surface area (Å²) in [5, 5.41) is 6.98. The molecule has 0 aliphatic heterocycles. The number of para-hydroxylation sites is 2. The van der Waals surface area contributed by atoms with Gasteiger partial charge < -0.3 is 4.90 Å². The van der Waals surface area contributed by atoms with Gasteiger partial charge in [-0.15, -0.1) is 0 Å². The predicted molar refractivity (Wildman–Crippen MR) is 260 cm³/mol. The molecule has 2 aliphatic rings. The number of hydrogen-bond donors (Lipinski definition) is 0. The normalized spacial score (nSPS) is 12.9. The van der Waals surface area contributed by atoms with Gasteiger partial charge in [0.25, 0.3) is 0 Å². The molecule has 0 amide bonds.